The number of aromatic carboxylic acids is 1. The number of alkyl halides is 3. The second-order valence-electron chi connectivity index (χ2n) is 4.17. The largest absolute Gasteiger partial charge is 0.477 e. The van der Waals surface area contributed by atoms with Gasteiger partial charge < -0.3 is 10.4 Å². The lowest BCUT2D eigenvalue weighted by Gasteiger charge is -2.12. The van der Waals surface area contributed by atoms with Crippen LogP contribution in [0.1, 0.15) is 16.9 Å². The van der Waals surface area contributed by atoms with Crippen LogP contribution in [-0.4, -0.2) is 28.8 Å². The number of anilines is 1. The third kappa shape index (κ3) is 3.37. The quantitative estimate of drug-likeness (QED) is 0.904. The molecule has 0 aliphatic carbocycles. The Morgan fingerprint density at radius 3 is 2.65 bits per heavy atom. The van der Waals surface area contributed by atoms with Crippen molar-refractivity contribution in [2.24, 2.45) is 0 Å². The molecule has 1 aromatic heterocycles. The molecule has 0 unspecified atom stereocenters. The normalized spacial score (nSPS) is 11.6. The molecule has 0 saturated carbocycles. The summed E-state index contributed by atoms with van der Waals surface area (Å²) in [6.07, 6.45) is -5.25. The number of benzene rings is 1. The monoisotopic (exact) mass is 284 g/mol. The van der Waals surface area contributed by atoms with Crippen LogP contribution in [0, 0.1) is 0 Å². The molecule has 0 spiro atoms. The fraction of sp³-hybridized carbons (Fsp3) is 0.231. The van der Waals surface area contributed by atoms with Gasteiger partial charge in [0.15, 0.2) is 5.69 Å². The van der Waals surface area contributed by atoms with Crippen molar-refractivity contribution in [3.63, 3.8) is 0 Å². The number of fused-ring (bicyclic) bond motifs is 1. The van der Waals surface area contributed by atoms with Gasteiger partial charge in [-0.25, -0.2) is 9.78 Å². The third-order valence-corrected chi connectivity index (χ3v) is 2.66. The molecule has 0 fully saturated rings. The Morgan fingerprint density at radius 2 is 2.00 bits per heavy atom. The number of nitrogens with one attached hydrogen (secondary N) is 1. The Hall–Kier alpha value is -2.31. The first-order chi connectivity index (χ1) is 9.37. The summed E-state index contributed by atoms with van der Waals surface area (Å²) in [7, 11) is 0. The van der Waals surface area contributed by atoms with Gasteiger partial charge in [-0.3, -0.25) is 0 Å². The first-order valence-electron chi connectivity index (χ1n) is 5.80. The average molecular weight is 284 g/mol. The molecule has 0 amide bonds. The Balaban J connectivity index is 2.32. The van der Waals surface area contributed by atoms with Gasteiger partial charge in [-0.1, -0.05) is 18.2 Å². The van der Waals surface area contributed by atoms with Crippen molar-refractivity contribution in [2.75, 3.05) is 11.9 Å². The van der Waals surface area contributed by atoms with Gasteiger partial charge in [0.1, 0.15) is 0 Å². The minimum Gasteiger partial charge on any atom is -0.477 e. The molecule has 0 saturated heterocycles. The number of halogens is 3. The summed E-state index contributed by atoms with van der Waals surface area (Å²) in [5.74, 6) is -1.23. The van der Waals surface area contributed by atoms with Crippen LogP contribution in [0.3, 0.4) is 0 Å². The summed E-state index contributed by atoms with van der Waals surface area (Å²) in [6, 6.07) is 7.90. The van der Waals surface area contributed by atoms with Crippen LogP contribution in [0.5, 0.6) is 0 Å². The first kappa shape index (κ1) is 14.1. The summed E-state index contributed by atoms with van der Waals surface area (Å²) in [5, 5.41) is 12.2. The van der Waals surface area contributed by atoms with E-state index in [1.54, 1.807) is 24.3 Å². The van der Waals surface area contributed by atoms with Crippen LogP contribution >= 0.6 is 0 Å². The zero-order chi connectivity index (χ0) is 14.8. The number of hydrogen-bond donors (Lipinski definition) is 2. The number of carboxylic acid groups (broad SMARTS) is 1. The van der Waals surface area contributed by atoms with Gasteiger partial charge in [0.25, 0.3) is 0 Å². The van der Waals surface area contributed by atoms with Crippen LogP contribution in [0.2, 0.25) is 0 Å². The van der Waals surface area contributed by atoms with E-state index in [2.05, 4.69) is 10.3 Å². The topological polar surface area (TPSA) is 62.2 Å². The Labute approximate surface area is 112 Å². The summed E-state index contributed by atoms with van der Waals surface area (Å²) in [6.45, 7) is -0.323. The van der Waals surface area contributed by atoms with Crippen molar-refractivity contribution < 1.29 is 23.1 Å². The molecular formula is C13H11F3N2O2. The molecule has 2 N–H and O–H groups in total. The molecule has 1 aromatic carbocycles. The molecule has 0 aliphatic heterocycles. The van der Waals surface area contributed by atoms with Crippen molar-refractivity contribution in [1.82, 2.24) is 4.98 Å². The maximum atomic E-state index is 12.1. The van der Waals surface area contributed by atoms with Crippen molar-refractivity contribution in [3.8, 4) is 0 Å². The molecule has 0 atom stereocenters. The highest BCUT2D eigenvalue weighted by Crippen LogP contribution is 2.25. The van der Waals surface area contributed by atoms with Gasteiger partial charge in [-0.2, -0.15) is 13.2 Å². The number of aromatic nitrogens is 1. The van der Waals surface area contributed by atoms with Crippen molar-refractivity contribution in [2.45, 2.75) is 12.6 Å². The van der Waals surface area contributed by atoms with Gasteiger partial charge >= 0.3 is 12.1 Å². The van der Waals surface area contributed by atoms with E-state index in [-0.39, 0.29) is 12.2 Å². The molecule has 106 valence electrons. The van der Waals surface area contributed by atoms with Crippen LogP contribution < -0.4 is 5.32 Å². The minimum absolute atomic E-state index is 0.210. The minimum atomic E-state index is -4.26. The van der Waals surface area contributed by atoms with E-state index in [0.29, 0.717) is 16.6 Å². The van der Waals surface area contributed by atoms with Gasteiger partial charge in [0.2, 0.25) is 0 Å². The predicted molar refractivity (Wildman–Crippen MR) is 67.9 cm³/mol. The van der Waals surface area contributed by atoms with Crippen molar-refractivity contribution >= 4 is 22.6 Å². The molecule has 7 heteroatoms. The van der Waals surface area contributed by atoms with Crippen molar-refractivity contribution in [1.29, 1.82) is 0 Å². The maximum Gasteiger partial charge on any atom is 0.390 e. The maximum absolute atomic E-state index is 12.1. The van der Waals surface area contributed by atoms with E-state index in [0.717, 1.165) is 0 Å². The molecule has 20 heavy (non-hydrogen) atoms. The number of rotatable bonds is 4. The lowest BCUT2D eigenvalue weighted by Crippen LogP contribution is -2.15. The summed E-state index contributed by atoms with van der Waals surface area (Å²) < 4.78 is 36.4. The number of pyridine rings is 1. The zero-order valence-corrected chi connectivity index (χ0v) is 10.2. The average Bonchev–Trinajstić information content (AvgIpc) is 2.36. The van der Waals surface area contributed by atoms with E-state index in [4.69, 9.17) is 5.11 Å². The first-order valence-corrected chi connectivity index (χ1v) is 5.80. The number of para-hydroxylation sites is 1. The molecule has 2 aromatic rings. The fourth-order valence-corrected chi connectivity index (χ4v) is 1.77. The van der Waals surface area contributed by atoms with Crippen LogP contribution in [0.15, 0.2) is 30.3 Å². The molecular weight excluding hydrogens is 273 g/mol. The van der Waals surface area contributed by atoms with E-state index < -0.39 is 18.6 Å². The molecule has 0 radical (unpaired) electrons. The Bertz CT molecular complexity index is 641. The van der Waals surface area contributed by atoms with Crippen molar-refractivity contribution in [3.05, 3.63) is 36.0 Å². The Morgan fingerprint density at radius 1 is 1.30 bits per heavy atom. The van der Waals surface area contributed by atoms with Crippen LogP contribution in [-0.2, 0) is 0 Å². The Kier molecular flexibility index (Phi) is 3.78. The highest BCUT2D eigenvalue weighted by molar-refractivity contribution is 5.97. The van der Waals surface area contributed by atoms with E-state index in [9.17, 15) is 18.0 Å². The smallest absolute Gasteiger partial charge is 0.390 e. The van der Waals surface area contributed by atoms with Gasteiger partial charge in [-0.15, -0.1) is 0 Å². The highest BCUT2D eigenvalue weighted by atomic mass is 19.4. The van der Waals surface area contributed by atoms with Crippen LogP contribution in [0.25, 0.3) is 10.9 Å². The summed E-state index contributed by atoms with van der Waals surface area (Å²) in [4.78, 5) is 14.9. The SMILES string of the molecule is O=C(O)c1cc(NCCC(F)(F)F)c2ccccc2n1. The molecule has 1 heterocycles. The number of nitrogens with zero attached hydrogens (tertiary/aromatic N) is 1. The third-order valence-electron chi connectivity index (χ3n) is 2.66. The molecule has 0 bridgehead atoms. The second kappa shape index (κ2) is 5.36. The predicted octanol–water partition coefficient (Wildman–Crippen LogP) is 3.30. The van der Waals surface area contributed by atoms with E-state index in [1.807, 2.05) is 0 Å². The van der Waals surface area contributed by atoms with E-state index >= 15 is 0 Å². The fourth-order valence-electron chi connectivity index (χ4n) is 1.77. The zero-order valence-electron chi connectivity index (χ0n) is 10.2. The van der Waals surface area contributed by atoms with E-state index in [1.165, 1.54) is 6.07 Å². The van der Waals surface area contributed by atoms with Gasteiger partial charge in [0, 0.05) is 17.6 Å². The second-order valence-corrected chi connectivity index (χ2v) is 4.17. The van der Waals surface area contributed by atoms with Gasteiger partial charge in [0.05, 0.1) is 11.9 Å². The lowest BCUT2D eigenvalue weighted by molar-refractivity contribution is -0.131. The summed E-state index contributed by atoms with van der Waals surface area (Å²) in [5.41, 5.74) is 0.539. The number of carbonyl (C=O) groups is 1. The molecule has 0 aliphatic rings. The lowest BCUT2D eigenvalue weighted by atomic mass is 10.1. The molecule has 4 nitrogen and oxygen atoms in total. The number of carboxylic acids is 1. The molecule has 2 rings (SSSR count). The standard InChI is InChI=1S/C13H11F3N2O2/c14-13(15,16)5-6-17-10-7-11(12(19)20)18-9-4-2-1-3-8(9)10/h1-4,7H,5-6H2,(H,17,18)(H,19,20). The highest BCUT2D eigenvalue weighted by Gasteiger charge is 2.26. The van der Waals surface area contributed by atoms with Crippen LogP contribution in [0.4, 0.5) is 18.9 Å². The van der Waals surface area contributed by atoms with Gasteiger partial charge in [-0.05, 0) is 12.1 Å². The summed E-state index contributed by atoms with van der Waals surface area (Å²) >= 11 is 0. The number of hydrogen-bond acceptors (Lipinski definition) is 3.